The van der Waals surface area contributed by atoms with Gasteiger partial charge in [-0.25, -0.2) is 0 Å². The van der Waals surface area contributed by atoms with E-state index in [0.29, 0.717) is 42.9 Å². The first-order valence-electron chi connectivity index (χ1n) is 16.9. The summed E-state index contributed by atoms with van der Waals surface area (Å²) in [5.41, 5.74) is 8.88. The minimum atomic E-state index is -0.417. The Morgan fingerprint density at radius 2 is 2.00 bits per heavy atom. The molecule has 0 bridgehead atoms. The van der Waals surface area contributed by atoms with Gasteiger partial charge in [0.15, 0.2) is 6.21 Å². The van der Waals surface area contributed by atoms with Crippen LogP contribution in [-0.4, -0.2) is 72.9 Å². The van der Waals surface area contributed by atoms with Gasteiger partial charge in [0.25, 0.3) is 0 Å². The first-order valence-corrected chi connectivity index (χ1v) is 16.9. The Bertz CT molecular complexity index is 924. The molecule has 2 heterocycles. The molecule has 3 aliphatic rings. The van der Waals surface area contributed by atoms with E-state index in [1.54, 1.807) is 7.11 Å². The van der Waals surface area contributed by atoms with Crippen molar-refractivity contribution in [1.29, 1.82) is 0 Å². The largest absolute Gasteiger partial charge is 0.462 e. The number of methoxy groups -OCH3 is 1. The van der Waals surface area contributed by atoms with Gasteiger partial charge in [0, 0.05) is 52.7 Å². The number of hydrogen-bond donors (Lipinski definition) is 4. The van der Waals surface area contributed by atoms with Gasteiger partial charge in [-0.1, -0.05) is 13.3 Å². The van der Waals surface area contributed by atoms with Crippen molar-refractivity contribution >= 4 is 18.0 Å². The molecule has 244 valence electrons. The molecule has 1 saturated carbocycles. The first-order chi connectivity index (χ1) is 20.7. The van der Waals surface area contributed by atoms with Gasteiger partial charge in [0.05, 0.1) is 24.3 Å². The summed E-state index contributed by atoms with van der Waals surface area (Å²) in [6, 6.07) is 0. The predicted molar refractivity (Wildman–Crippen MR) is 168 cm³/mol. The van der Waals surface area contributed by atoms with E-state index < -0.39 is 12.2 Å². The number of nitrogens with zero attached hydrogens (tertiary/aromatic N) is 1. The zero-order chi connectivity index (χ0) is 31.2. The quantitative estimate of drug-likeness (QED) is 0.130. The number of aliphatic hydroxyl groups is 2. The highest BCUT2D eigenvalue weighted by Gasteiger charge is 2.33. The van der Waals surface area contributed by atoms with Crippen molar-refractivity contribution in [2.24, 2.45) is 34.4 Å². The summed E-state index contributed by atoms with van der Waals surface area (Å²) in [5.74, 6) is 1.64. The second kappa shape index (κ2) is 18.9. The number of piperidine rings is 1. The second-order valence-corrected chi connectivity index (χ2v) is 13.3. The molecule has 0 aromatic carbocycles. The number of esters is 1. The van der Waals surface area contributed by atoms with E-state index in [0.717, 1.165) is 70.8 Å². The second-order valence-electron chi connectivity index (χ2n) is 13.3. The van der Waals surface area contributed by atoms with Crippen LogP contribution in [0.4, 0.5) is 0 Å². The van der Waals surface area contributed by atoms with Gasteiger partial charge in [-0.3, -0.25) is 15.3 Å². The van der Waals surface area contributed by atoms with Crippen LogP contribution in [0.5, 0.6) is 0 Å². The lowest BCUT2D eigenvalue weighted by Gasteiger charge is -2.32. The van der Waals surface area contributed by atoms with Crippen LogP contribution in [0.3, 0.4) is 0 Å². The normalized spacial score (nSPS) is 27.9. The molecule has 43 heavy (non-hydrogen) atoms. The Labute approximate surface area is 259 Å². The number of aliphatic hydroxyl groups excluding tert-OH is 2. The topological polar surface area (TPSA) is 148 Å². The fraction of sp³-hybridized carbons (Fsp3) is 0.824. The van der Waals surface area contributed by atoms with Crippen LogP contribution in [0.25, 0.3) is 0 Å². The number of nitrogens with two attached hydrogens (primary N) is 2. The molecule has 0 spiro atoms. The lowest BCUT2D eigenvalue weighted by Crippen LogP contribution is -2.94. The van der Waals surface area contributed by atoms with Crippen molar-refractivity contribution < 1.29 is 34.6 Å². The van der Waals surface area contributed by atoms with Crippen molar-refractivity contribution in [1.82, 2.24) is 0 Å². The molecular weight excluding hydrogens is 546 g/mol. The summed E-state index contributed by atoms with van der Waals surface area (Å²) in [4.78, 5) is 29.3. The Morgan fingerprint density at radius 3 is 2.70 bits per heavy atom. The van der Waals surface area contributed by atoms with Crippen molar-refractivity contribution in [2.75, 3.05) is 20.3 Å². The Balaban J connectivity index is 1.53. The summed E-state index contributed by atoms with van der Waals surface area (Å²) >= 11 is 0. The molecular formula is C34H59N3O6+2. The third-order valence-electron chi connectivity index (χ3n) is 10.1. The minimum absolute atomic E-state index is 0.135. The van der Waals surface area contributed by atoms with Crippen LogP contribution in [0.15, 0.2) is 16.1 Å². The zero-order valence-electron chi connectivity index (χ0n) is 26.9. The number of quaternary nitrogens is 1. The van der Waals surface area contributed by atoms with Gasteiger partial charge in [0.2, 0.25) is 0 Å². The van der Waals surface area contributed by atoms with Gasteiger partial charge in [-0.05, 0) is 81.5 Å². The maximum absolute atomic E-state index is 12.9. The molecule has 9 nitrogen and oxygen atoms in total. The first kappa shape index (κ1) is 35.7. The predicted octanol–water partition coefficient (Wildman–Crippen LogP) is 3.61. The molecule has 1 aliphatic carbocycles. The van der Waals surface area contributed by atoms with Gasteiger partial charge in [-0.15, -0.1) is 4.99 Å². The zero-order valence-corrected chi connectivity index (χ0v) is 26.9. The van der Waals surface area contributed by atoms with E-state index in [2.05, 4.69) is 17.2 Å². The number of ether oxygens (including phenoxy) is 2. The van der Waals surface area contributed by atoms with E-state index in [1.807, 2.05) is 12.8 Å². The number of Topliss-reactive ketones (excluding diaryl/α,β-unsaturated/α-hetero) is 1. The fourth-order valence-corrected chi connectivity index (χ4v) is 7.46. The SMILES string of the molecule is CCC(CCC(CC(=O)CCC1CCC(O)C(OC)C1)OC(C)=O)CC1=C(CC(CCCO)C2CC[NH2+]C(N)C2)[CH+]N=C1. The number of ketones is 1. The van der Waals surface area contributed by atoms with Crippen LogP contribution in [0.2, 0.25) is 0 Å². The van der Waals surface area contributed by atoms with Gasteiger partial charge in [0.1, 0.15) is 30.2 Å². The molecule has 8 atom stereocenters. The molecule has 6 N–H and O–H groups in total. The van der Waals surface area contributed by atoms with Crippen LogP contribution < -0.4 is 11.1 Å². The van der Waals surface area contributed by atoms with E-state index in [1.165, 1.54) is 24.5 Å². The lowest BCUT2D eigenvalue weighted by atomic mass is 9.77. The molecule has 0 amide bonds. The third kappa shape index (κ3) is 12.3. The number of carbonyl (C=O) groups is 2. The van der Waals surface area contributed by atoms with Crippen molar-refractivity contribution in [3.63, 3.8) is 0 Å². The molecule has 0 aromatic rings. The highest BCUT2D eigenvalue weighted by atomic mass is 16.5. The minimum Gasteiger partial charge on any atom is -0.462 e. The van der Waals surface area contributed by atoms with Crippen LogP contribution >= 0.6 is 0 Å². The third-order valence-corrected chi connectivity index (χ3v) is 10.1. The lowest BCUT2D eigenvalue weighted by molar-refractivity contribution is -0.699. The standard InChI is InChI=1S/C34H58N3O6/c1-4-24(16-28-21-36-22-29(28)18-26(6-5-15-38)27-13-14-37-34(35)19-27)8-11-31(43-23(2)39)20-30(40)10-7-25-9-12-32(41)33(17-25)42-3/h21-22,24-27,31-34,37-38,41H,4-20,35H2,1-3H3/q+1/p+1. The van der Waals surface area contributed by atoms with E-state index in [-0.39, 0.29) is 37.0 Å². The van der Waals surface area contributed by atoms with E-state index in [9.17, 15) is 19.8 Å². The summed E-state index contributed by atoms with van der Waals surface area (Å²) < 4.78 is 11.0. The summed E-state index contributed by atoms with van der Waals surface area (Å²) in [5, 5.41) is 21.8. The monoisotopic (exact) mass is 605 g/mol. The summed E-state index contributed by atoms with van der Waals surface area (Å²) in [7, 11) is 1.63. The molecule has 9 heteroatoms. The maximum Gasteiger partial charge on any atom is 0.302 e. The number of hydrogen-bond acceptors (Lipinski definition) is 8. The number of carbonyl (C=O) groups excluding carboxylic acids is 2. The smallest absolute Gasteiger partial charge is 0.302 e. The molecule has 8 unspecified atom stereocenters. The highest BCUT2D eigenvalue weighted by molar-refractivity contribution is 5.84. The van der Waals surface area contributed by atoms with Gasteiger partial charge >= 0.3 is 5.97 Å². The maximum atomic E-state index is 12.9. The average Bonchev–Trinajstić information content (AvgIpc) is 3.42. The molecule has 2 aliphatic heterocycles. The molecule has 1 saturated heterocycles. The molecule has 0 aromatic heterocycles. The number of allylic oxidation sites excluding steroid dienone is 1. The van der Waals surface area contributed by atoms with Crippen molar-refractivity contribution in [3.8, 4) is 0 Å². The Morgan fingerprint density at radius 1 is 1.19 bits per heavy atom. The van der Waals surface area contributed by atoms with E-state index in [4.69, 9.17) is 15.2 Å². The number of rotatable bonds is 19. The van der Waals surface area contributed by atoms with Crippen molar-refractivity contribution in [2.45, 2.75) is 135 Å². The molecule has 3 rings (SSSR count). The fourth-order valence-electron chi connectivity index (χ4n) is 7.46. The van der Waals surface area contributed by atoms with Crippen LogP contribution in [-0.2, 0) is 19.1 Å². The van der Waals surface area contributed by atoms with Gasteiger partial charge < -0.3 is 25.0 Å². The van der Waals surface area contributed by atoms with Crippen LogP contribution in [0.1, 0.15) is 110 Å². The summed E-state index contributed by atoms with van der Waals surface area (Å²) in [6.45, 7) is 6.92. The van der Waals surface area contributed by atoms with Crippen molar-refractivity contribution in [3.05, 3.63) is 17.7 Å². The van der Waals surface area contributed by atoms with Crippen LogP contribution in [0, 0.1) is 30.2 Å². The summed E-state index contributed by atoms with van der Waals surface area (Å²) in [6.07, 6.45) is 13.6. The number of aliphatic imine (C=N–C) groups is 1. The van der Waals surface area contributed by atoms with E-state index >= 15 is 0 Å². The van der Waals surface area contributed by atoms with Gasteiger partial charge in [-0.2, -0.15) is 0 Å². The highest BCUT2D eigenvalue weighted by Crippen LogP contribution is 2.36. The Kier molecular flexibility index (Phi) is 15.7. The Hall–Kier alpha value is -1.78. The molecule has 2 fully saturated rings. The molecule has 0 radical (unpaired) electrons. The average molecular weight is 606 g/mol.